The van der Waals surface area contributed by atoms with Crippen molar-refractivity contribution >= 4 is 40.0 Å². The Hall–Kier alpha value is -2.13. The van der Waals surface area contributed by atoms with Gasteiger partial charge in [0.1, 0.15) is 5.75 Å². The number of thioether (sulfide) groups is 1. The summed E-state index contributed by atoms with van der Waals surface area (Å²) in [7, 11) is 1.47. The van der Waals surface area contributed by atoms with Crippen LogP contribution in [0.2, 0.25) is 0 Å². The number of carbonyl (C=O) groups is 2. The molecule has 0 bridgehead atoms. The molecule has 2 rings (SSSR count). The molecule has 2 N–H and O–H groups in total. The van der Waals surface area contributed by atoms with Crippen LogP contribution in [0.4, 0.5) is 5.13 Å². The lowest BCUT2D eigenvalue weighted by Crippen LogP contribution is -2.32. The van der Waals surface area contributed by atoms with Gasteiger partial charge in [0.15, 0.2) is 4.34 Å². The van der Waals surface area contributed by atoms with Crippen molar-refractivity contribution < 1.29 is 14.3 Å². The first-order chi connectivity index (χ1) is 11.1. The molecule has 0 aliphatic heterocycles. The summed E-state index contributed by atoms with van der Waals surface area (Å²) < 4.78 is 5.77. The first-order valence-electron chi connectivity index (χ1n) is 6.81. The summed E-state index contributed by atoms with van der Waals surface area (Å²) in [6.45, 7) is 2.72. The highest BCUT2D eigenvalue weighted by Crippen LogP contribution is 2.25. The fourth-order valence-corrected chi connectivity index (χ4v) is 3.30. The highest BCUT2D eigenvalue weighted by Gasteiger charge is 2.15. The first kappa shape index (κ1) is 17.2. The van der Waals surface area contributed by atoms with Crippen LogP contribution in [0.15, 0.2) is 28.6 Å². The number of aromatic nitrogens is 2. The number of hydrogen-bond donors (Lipinski definition) is 2. The van der Waals surface area contributed by atoms with Crippen molar-refractivity contribution in [2.75, 3.05) is 24.7 Å². The Morgan fingerprint density at radius 3 is 2.83 bits per heavy atom. The van der Waals surface area contributed by atoms with E-state index in [1.54, 1.807) is 24.3 Å². The van der Waals surface area contributed by atoms with E-state index in [0.717, 1.165) is 6.54 Å². The van der Waals surface area contributed by atoms with Crippen molar-refractivity contribution in [3.8, 4) is 5.75 Å². The van der Waals surface area contributed by atoms with Crippen LogP contribution in [0.3, 0.4) is 0 Å². The summed E-state index contributed by atoms with van der Waals surface area (Å²) >= 11 is 2.60. The molecule has 1 aromatic heterocycles. The molecule has 122 valence electrons. The standard InChI is InChI=1S/C14H16N4O3S2/c1-3-15-13-17-18-14(23-13)22-8-11(19)16-12(20)9-6-4-5-7-10(9)21-2/h4-7H,3,8H2,1-2H3,(H,15,17)(H,16,19,20). The van der Waals surface area contributed by atoms with Crippen molar-refractivity contribution in [3.05, 3.63) is 29.8 Å². The molecule has 23 heavy (non-hydrogen) atoms. The van der Waals surface area contributed by atoms with Crippen molar-refractivity contribution in [2.45, 2.75) is 11.3 Å². The average molecular weight is 352 g/mol. The number of nitrogens with one attached hydrogen (secondary N) is 2. The molecule has 0 unspecified atom stereocenters. The van der Waals surface area contributed by atoms with E-state index in [4.69, 9.17) is 4.74 Å². The smallest absolute Gasteiger partial charge is 0.261 e. The van der Waals surface area contributed by atoms with Crippen LogP contribution in [0.5, 0.6) is 5.75 Å². The number of methoxy groups -OCH3 is 1. The second-order valence-electron chi connectivity index (χ2n) is 4.27. The zero-order valence-corrected chi connectivity index (χ0v) is 14.3. The van der Waals surface area contributed by atoms with Crippen LogP contribution in [-0.2, 0) is 4.79 Å². The van der Waals surface area contributed by atoms with Gasteiger partial charge in [-0.15, -0.1) is 10.2 Å². The molecule has 1 heterocycles. The molecule has 0 fully saturated rings. The maximum absolute atomic E-state index is 12.1. The fourth-order valence-electron chi connectivity index (χ4n) is 1.68. The zero-order chi connectivity index (χ0) is 16.7. The molecular formula is C14H16N4O3S2. The number of anilines is 1. The summed E-state index contributed by atoms with van der Waals surface area (Å²) in [5.41, 5.74) is 0.318. The highest BCUT2D eigenvalue weighted by molar-refractivity contribution is 8.01. The summed E-state index contributed by atoms with van der Waals surface area (Å²) in [6.07, 6.45) is 0. The minimum absolute atomic E-state index is 0.0850. The van der Waals surface area contributed by atoms with Crippen LogP contribution in [0.1, 0.15) is 17.3 Å². The minimum Gasteiger partial charge on any atom is -0.496 e. The van der Waals surface area contributed by atoms with Gasteiger partial charge in [0.2, 0.25) is 11.0 Å². The lowest BCUT2D eigenvalue weighted by Gasteiger charge is -2.07. The minimum atomic E-state index is -0.487. The molecule has 0 atom stereocenters. The second kappa shape index (κ2) is 8.49. The van der Waals surface area contributed by atoms with Gasteiger partial charge in [0.05, 0.1) is 18.4 Å². The van der Waals surface area contributed by atoms with Crippen LogP contribution in [0.25, 0.3) is 0 Å². The normalized spacial score (nSPS) is 10.2. The fraction of sp³-hybridized carbons (Fsp3) is 0.286. The molecule has 2 amide bonds. The Balaban J connectivity index is 1.87. The number of hydrogen-bond acceptors (Lipinski definition) is 8. The Bertz CT molecular complexity index is 690. The summed E-state index contributed by atoms with van der Waals surface area (Å²) in [6, 6.07) is 6.73. The Kier molecular flexibility index (Phi) is 6.36. The monoisotopic (exact) mass is 352 g/mol. The lowest BCUT2D eigenvalue weighted by atomic mass is 10.2. The van der Waals surface area contributed by atoms with E-state index in [1.165, 1.54) is 30.2 Å². The molecule has 0 aliphatic rings. The first-order valence-corrected chi connectivity index (χ1v) is 8.61. The number of benzene rings is 1. The summed E-state index contributed by atoms with van der Waals surface area (Å²) in [5.74, 6) is -0.378. The van der Waals surface area contributed by atoms with Gasteiger partial charge in [0.25, 0.3) is 5.91 Å². The molecular weight excluding hydrogens is 336 g/mol. The Morgan fingerprint density at radius 1 is 1.30 bits per heavy atom. The topological polar surface area (TPSA) is 93.2 Å². The number of imide groups is 1. The van der Waals surface area contributed by atoms with Gasteiger partial charge in [-0.25, -0.2) is 0 Å². The third-order valence-corrected chi connectivity index (χ3v) is 4.68. The number of rotatable bonds is 7. The predicted molar refractivity (Wildman–Crippen MR) is 90.3 cm³/mol. The molecule has 9 heteroatoms. The Labute approximate surface area is 141 Å². The molecule has 0 saturated carbocycles. The third kappa shape index (κ3) is 4.93. The molecule has 0 spiro atoms. The molecule has 7 nitrogen and oxygen atoms in total. The van der Waals surface area contributed by atoms with E-state index >= 15 is 0 Å². The maximum atomic E-state index is 12.1. The largest absolute Gasteiger partial charge is 0.496 e. The number of para-hydroxylation sites is 1. The average Bonchev–Trinajstić information content (AvgIpc) is 3.01. The van der Waals surface area contributed by atoms with E-state index in [0.29, 0.717) is 20.8 Å². The SMILES string of the molecule is CCNc1nnc(SCC(=O)NC(=O)c2ccccc2OC)s1. The van der Waals surface area contributed by atoms with E-state index in [2.05, 4.69) is 20.8 Å². The highest BCUT2D eigenvalue weighted by atomic mass is 32.2. The van der Waals surface area contributed by atoms with E-state index in [-0.39, 0.29) is 5.75 Å². The number of nitrogens with zero attached hydrogens (tertiary/aromatic N) is 2. The number of amides is 2. The second-order valence-corrected chi connectivity index (χ2v) is 6.47. The molecule has 0 radical (unpaired) electrons. The van der Waals surface area contributed by atoms with Gasteiger partial charge in [-0.2, -0.15) is 0 Å². The van der Waals surface area contributed by atoms with E-state index < -0.39 is 11.8 Å². The number of ether oxygens (including phenoxy) is 1. The van der Waals surface area contributed by atoms with Crippen LogP contribution < -0.4 is 15.4 Å². The molecule has 0 saturated heterocycles. The van der Waals surface area contributed by atoms with Crippen molar-refractivity contribution in [2.24, 2.45) is 0 Å². The lowest BCUT2D eigenvalue weighted by molar-refractivity contribution is -0.117. The Morgan fingerprint density at radius 2 is 2.09 bits per heavy atom. The summed E-state index contributed by atoms with van der Waals surface area (Å²) in [4.78, 5) is 24.0. The maximum Gasteiger partial charge on any atom is 0.261 e. The van der Waals surface area contributed by atoms with Crippen LogP contribution >= 0.6 is 23.1 Å². The van der Waals surface area contributed by atoms with Crippen LogP contribution in [-0.4, -0.2) is 41.4 Å². The third-order valence-electron chi connectivity index (χ3n) is 2.67. The van der Waals surface area contributed by atoms with Gasteiger partial charge < -0.3 is 10.1 Å². The molecule has 2 aromatic rings. The van der Waals surface area contributed by atoms with Gasteiger partial charge in [-0.05, 0) is 19.1 Å². The van der Waals surface area contributed by atoms with Crippen molar-refractivity contribution in [3.63, 3.8) is 0 Å². The quantitative estimate of drug-likeness (QED) is 0.736. The predicted octanol–water partition coefficient (Wildman–Crippen LogP) is 2.03. The van der Waals surface area contributed by atoms with Gasteiger partial charge in [0, 0.05) is 6.54 Å². The number of carbonyl (C=O) groups excluding carboxylic acids is 2. The van der Waals surface area contributed by atoms with Crippen molar-refractivity contribution in [1.82, 2.24) is 15.5 Å². The van der Waals surface area contributed by atoms with Crippen molar-refractivity contribution in [1.29, 1.82) is 0 Å². The summed E-state index contributed by atoms with van der Waals surface area (Å²) in [5, 5.41) is 14.0. The van der Waals surface area contributed by atoms with Gasteiger partial charge in [-0.3, -0.25) is 14.9 Å². The molecule has 0 aliphatic carbocycles. The zero-order valence-electron chi connectivity index (χ0n) is 12.7. The van der Waals surface area contributed by atoms with E-state index in [1.807, 2.05) is 6.92 Å². The van der Waals surface area contributed by atoms with Gasteiger partial charge in [-0.1, -0.05) is 35.2 Å². The van der Waals surface area contributed by atoms with Crippen LogP contribution in [0, 0.1) is 0 Å². The van der Waals surface area contributed by atoms with Gasteiger partial charge >= 0.3 is 0 Å². The molecule has 1 aromatic carbocycles. The van der Waals surface area contributed by atoms with E-state index in [9.17, 15) is 9.59 Å².